The van der Waals surface area contributed by atoms with Crippen LogP contribution in [0.2, 0.25) is 0 Å². The number of aryl methyl sites for hydroxylation is 1. The molecule has 0 fully saturated rings. The van der Waals surface area contributed by atoms with Crippen molar-refractivity contribution in [2.45, 2.75) is 58.4 Å². The molecular formula is C29H36N2O4. The van der Waals surface area contributed by atoms with Gasteiger partial charge in [-0.1, -0.05) is 60.2 Å². The zero-order valence-electron chi connectivity index (χ0n) is 20.7. The molecule has 0 bridgehead atoms. The molecule has 3 aromatic carbocycles. The lowest BCUT2D eigenvalue weighted by Crippen LogP contribution is -2.43. The standard InChI is InChI=1S/C29H36N2O4/c1-20-7-9-21(10-8-20)14-28(35)30-17-23-6-4-5-22(13-23)16-29(2,3)31-18-27(34)24-11-12-26(33)25(15-24)19-32/h4-13,15,27,31-34H,14,16-19H2,1-3H3,(H,30,35)/t27-/m1/s1. The Morgan fingerprint density at radius 1 is 0.971 bits per heavy atom. The maximum Gasteiger partial charge on any atom is 0.224 e. The van der Waals surface area contributed by atoms with Crippen molar-refractivity contribution >= 4 is 5.91 Å². The number of phenols is 1. The van der Waals surface area contributed by atoms with Gasteiger partial charge < -0.3 is 26.0 Å². The van der Waals surface area contributed by atoms with Gasteiger partial charge in [-0.05, 0) is 61.6 Å². The van der Waals surface area contributed by atoms with Crippen LogP contribution < -0.4 is 10.6 Å². The number of hydrogen-bond acceptors (Lipinski definition) is 5. The Labute approximate surface area is 207 Å². The van der Waals surface area contributed by atoms with Crippen molar-refractivity contribution in [3.8, 4) is 5.75 Å². The highest BCUT2D eigenvalue weighted by Gasteiger charge is 2.20. The number of carbonyl (C=O) groups excluding carboxylic acids is 1. The van der Waals surface area contributed by atoms with E-state index in [2.05, 4.69) is 36.6 Å². The number of β-amino-alcohol motifs (C(OH)–C–C–N with tert-alkyl or cyclic N) is 1. The number of carbonyl (C=O) groups is 1. The van der Waals surface area contributed by atoms with Gasteiger partial charge in [0.15, 0.2) is 0 Å². The van der Waals surface area contributed by atoms with Crippen molar-refractivity contribution in [2.75, 3.05) is 6.54 Å². The van der Waals surface area contributed by atoms with Gasteiger partial charge in [0.05, 0.1) is 19.1 Å². The smallest absolute Gasteiger partial charge is 0.224 e. The van der Waals surface area contributed by atoms with E-state index in [1.807, 2.05) is 43.3 Å². The largest absolute Gasteiger partial charge is 0.508 e. The highest BCUT2D eigenvalue weighted by Crippen LogP contribution is 2.23. The van der Waals surface area contributed by atoms with Gasteiger partial charge in [0.1, 0.15) is 5.75 Å². The summed E-state index contributed by atoms with van der Waals surface area (Å²) in [6.07, 6.45) is 0.331. The zero-order chi connectivity index (χ0) is 25.4. The van der Waals surface area contributed by atoms with Gasteiger partial charge in [0.2, 0.25) is 5.91 Å². The Hall–Kier alpha value is -3.19. The molecule has 3 aromatic rings. The molecule has 0 aliphatic carbocycles. The molecule has 0 unspecified atom stereocenters. The number of benzene rings is 3. The molecular weight excluding hydrogens is 440 g/mol. The minimum atomic E-state index is -0.768. The van der Waals surface area contributed by atoms with Gasteiger partial charge in [-0.2, -0.15) is 0 Å². The number of aliphatic hydroxyl groups is 2. The molecule has 0 saturated carbocycles. The van der Waals surface area contributed by atoms with E-state index in [9.17, 15) is 20.1 Å². The van der Waals surface area contributed by atoms with Gasteiger partial charge in [0.25, 0.3) is 0 Å². The molecule has 1 atom stereocenters. The number of nitrogens with one attached hydrogen (secondary N) is 2. The molecule has 0 aromatic heterocycles. The van der Waals surface area contributed by atoms with Crippen LogP contribution >= 0.6 is 0 Å². The fraction of sp³-hybridized carbons (Fsp3) is 0.345. The number of rotatable bonds is 11. The van der Waals surface area contributed by atoms with E-state index in [0.717, 1.165) is 23.1 Å². The summed E-state index contributed by atoms with van der Waals surface area (Å²) in [5.74, 6) is 0.0109. The van der Waals surface area contributed by atoms with E-state index in [1.54, 1.807) is 12.1 Å². The van der Waals surface area contributed by atoms with Gasteiger partial charge in [-0.15, -0.1) is 0 Å². The lowest BCUT2D eigenvalue weighted by atomic mass is 9.93. The molecule has 1 amide bonds. The van der Waals surface area contributed by atoms with Crippen molar-refractivity contribution in [1.29, 1.82) is 0 Å². The first-order valence-corrected chi connectivity index (χ1v) is 11.9. The highest BCUT2D eigenvalue weighted by atomic mass is 16.3. The van der Waals surface area contributed by atoms with Crippen molar-refractivity contribution in [1.82, 2.24) is 10.6 Å². The van der Waals surface area contributed by atoms with Crippen molar-refractivity contribution in [2.24, 2.45) is 0 Å². The monoisotopic (exact) mass is 476 g/mol. The first kappa shape index (κ1) is 26.4. The molecule has 6 heteroatoms. The lowest BCUT2D eigenvalue weighted by molar-refractivity contribution is -0.120. The van der Waals surface area contributed by atoms with Crippen molar-refractivity contribution < 1.29 is 20.1 Å². The van der Waals surface area contributed by atoms with Gasteiger partial charge >= 0.3 is 0 Å². The maximum atomic E-state index is 12.3. The number of amides is 1. The van der Waals surface area contributed by atoms with E-state index in [4.69, 9.17) is 0 Å². The van der Waals surface area contributed by atoms with Crippen LogP contribution in [0.25, 0.3) is 0 Å². The fourth-order valence-corrected chi connectivity index (χ4v) is 4.01. The predicted molar refractivity (Wildman–Crippen MR) is 138 cm³/mol. The Morgan fingerprint density at radius 2 is 1.69 bits per heavy atom. The summed E-state index contributed by atoms with van der Waals surface area (Å²) < 4.78 is 0. The summed E-state index contributed by atoms with van der Waals surface area (Å²) >= 11 is 0. The van der Waals surface area contributed by atoms with Crippen LogP contribution in [0, 0.1) is 6.92 Å². The number of aliphatic hydroxyl groups excluding tert-OH is 2. The number of aromatic hydroxyl groups is 1. The molecule has 5 N–H and O–H groups in total. The van der Waals surface area contributed by atoms with Gasteiger partial charge in [-0.25, -0.2) is 0 Å². The topological polar surface area (TPSA) is 102 Å². The van der Waals surface area contributed by atoms with Crippen LogP contribution in [0.4, 0.5) is 0 Å². The minimum absolute atomic E-state index is 0.00572. The summed E-state index contributed by atoms with van der Waals surface area (Å²) in [5.41, 5.74) is 5.09. The second-order valence-electron chi connectivity index (χ2n) is 9.76. The number of hydrogen-bond donors (Lipinski definition) is 5. The minimum Gasteiger partial charge on any atom is -0.508 e. The second-order valence-corrected chi connectivity index (χ2v) is 9.76. The Balaban J connectivity index is 1.51. The summed E-state index contributed by atoms with van der Waals surface area (Å²) in [5, 5.41) is 36.1. The van der Waals surface area contributed by atoms with E-state index >= 15 is 0 Å². The van der Waals surface area contributed by atoms with Gasteiger partial charge in [-0.3, -0.25) is 4.79 Å². The van der Waals surface area contributed by atoms with Crippen LogP contribution in [-0.4, -0.2) is 33.3 Å². The summed E-state index contributed by atoms with van der Waals surface area (Å²) in [6, 6.07) is 20.9. The molecule has 0 saturated heterocycles. The third-order valence-electron chi connectivity index (χ3n) is 6.05. The van der Waals surface area contributed by atoms with E-state index in [0.29, 0.717) is 30.6 Å². The SMILES string of the molecule is Cc1ccc(CC(=O)NCc2cccc(CC(C)(C)NC[C@@H](O)c3ccc(O)c(CO)c3)c2)cc1. The first-order valence-electron chi connectivity index (χ1n) is 11.9. The Kier molecular flexibility index (Phi) is 9.04. The molecule has 6 nitrogen and oxygen atoms in total. The molecule has 0 heterocycles. The van der Waals surface area contributed by atoms with Crippen LogP contribution in [-0.2, 0) is 30.8 Å². The zero-order valence-corrected chi connectivity index (χ0v) is 20.7. The van der Waals surface area contributed by atoms with Crippen LogP contribution in [0.3, 0.4) is 0 Å². The molecule has 3 rings (SSSR count). The van der Waals surface area contributed by atoms with Crippen LogP contribution in [0.15, 0.2) is 66.7 Å². The molecule has 35 heavy (non-hydrogen) atoms. The first-order chi connectivity index (χ1) is 16.6. The molecule has 0 spiro atoms. The fourth-order valence-electron chi connectivity index (χ4n) is 4.01. The molecule has 0 aliphatic rings. The second kappa shape index (κ2) is 12.0. The van der Waals surface area contributed by atoms with E-state index in [-0.39, 0.29) is 23.8 Å². The summed E-state index contributed by atoms with van der Waals surface area (Å²) in [7, 11) is 0. The quantitative estimate of drug-likeness (QED) is 0.291. The molecule has 0 aliphatic heterocycles. The summed E-state index contributed by atoms with van der Waals surface area (Å²) in [6.45, 7) is 6.70. The highest BCUT2D eigenvalue weighted by molar-refractivity contribution is 5.78. The van der Waals surface area contributed by atoms with Crippen molar-refractivity contribution in [3.05, 3.63) is 100 Å². The third kappa shape index (κ3) is 8.21. The van der Waals surface area contributed by atoms with E-state index < -0.39 is 6.10 Å². The molecule has 186 valence electrons. The predicted octanol–water partition coefficient (Wildman–Crippen LogP) is 3.70. The third-order valence-corrected chi connectivity index (χ3v) is 6.05. The average Bonchev–Trinajstić information content (AvgIpc) is 2.83. The summed E-state index contributed by atoms with van der Waals surface area (Å²) in [4.78, 5) is 12.3. The van der Waals surface area contributed by atoms with Gasteiger partial charge in [0, 0.05) is 24.2 Å². The lowest BCUT2D eigenvalue weighted by Gasteiger charge is -2.28. The average molecular weight is 477 g/mol. The Bertz CT molecular complexity index is 1130. The van der Waals surface area contributed by atoms with Crippen molar-refractivity contribution in [3.63, 3.8) is 0 Å². The Morgan fingerprint density at radius 3 is 2.40 bits per heavy atom. The van der Waals surface area contributed by atoms with Crippen LogP contribution in [0.1, 0.15) is 53.3 Å². The molecule has 0 radical (unpaired) electrons. The maximum absolute atomic E-state index is 12.3. The van der Waals surface area contributed by atoms with E-state index in [1.165, 1.54) is 11.6 Å². The normalized spacial score (nSPS) is 12.4. The van der Waals surface area contributed by atoms with Crippen LogP contribution in [0.5, 0.6) is 5.75 Å².